The fourth-order valence-corrected chi connectivity index (χ4v) is 3.95. The summed E-state index contributed by atoms with van der Waals surface area (Å²) in [6.07, 6.45) is 5.05. The van der Waals surface area contributed by atoms with Gasteiger partial charge in [0, 0.05) is 30.5 Å². The second-order valence-corrected chi connectivity index (χ2v) is 7.38. The molecule has 1 saturated carbocycles. The van der Waals surface area contributed by atoms with E-state index in [2.05, 4.69) is 6.07 Å². The maximum atomic E-state index is 12.8. The number of methoxy groups -OCH3 is 1. The van der Waals surface area contributed by atoms with Crippen LogP contribution in [0.4, 0.5) is 0 Å². The number of aromatic nitrogens is 1. The van der Waals surface area contributed by atoms with Gasteiger partial charge in [-0.25, -0.2) is 0 Å². The molecule has 1 fully saturated rings. The largest absolute Gasteiger partial charge is 0.497 e. The number of Topliss-reactive ketones (excluding diaryl/α,β-unsaturated/α-hetero) is 1. The summed E-state index contributed by atoms with van der Waals surface area (Å²) in [5, 5.41) is 9.61. The van der Waals surface area contributed by atoms with Gasteiger partial charge in [-0.3, -0.25) is 4.79 Å². The number of benzene rings is 1. The van der Waals surface area contributed by atoms with Crippen LogP contribution in [0.1, 0.15) is 30.0 Å². The standard InChI is InChI=1S/C21H22N2O2S/c1-23-10-4-5-19(23)18(13-22)21(26-3)12-20(24)17-11-16(17)14-6-8-15(25-2)9-7-14/h4-10,16-17H,11-12H2,1-3H3/b21-18-. The molecule has 3 rings (SSSR count). The number of ketones is 1. The number of aryl methyl sites for hydroxylation is 1. The van der Waals surface area contributed by atoms with Gasteiger partial charge in [0.2, 0.25) is 0 Å². The average molecular weight is 366 g/mol. The van der Waals surface area contributed by atoms with Crippen LogP contribution in [-0.4, -0.2) is 23.7 Å². The minimum atomic E-state index is 0.0545. The molecule has 1 heterocycles. The van der Waals surface area contributed by atoms with E-state index >= 15 is 0 Å². The van der Waals surface area contributed by atoms with Gasteiger partial charge < -0.3 is 9.30 Å². The van der Waals surface area contributed by atoms with Gasteiger partial charge in [-0.05, 0) is 48.4 Å². The molecule has 1 aliphatic rings. The number of carbonyl (C=O) groups is 1. The molecule has 1 aromatic carbocycles. The number of nitriles is 1. The molecule has 1 aliphatic carbocycles. The van der Waals surface area contributed by atoms with Crippen LogP contribution in [-0.2, 0) is 11.8 Å². The van der Waals surface area contributed by atoms with Gasteiger partial charge in [0.15, 0.2) is 0 Å². The maximum absolute atomic E-state index is 12.8. The lowest BCUT2D eigenvalue weighted by atomic mass is 10.0. The zero-order chi connectivity index (χ0) is 18.7. The van der Waals surface area contributed by atoms with Crippen molar-refractivity contribution in [2.45, 2.75) is 18.8 Å². The normalized spacial score (nSPS) is 19.5. The van der Waals surface area contributed by atoms with Crippen molar-refractivity contribution in [3.8, 4) is 11.8 Å². The number of allylic oxidation sites excluding steroid dienone is 2. The Hall–Kier alpha value is -2.45. The van der Waals surface area contributed by atoms with Gasteiger partial charge in [-0.15, -0.1) is 11.8 Å². The first kappa shape index (κ1) is 18.3. The fourth-order valence-electron chi connectivity index (χ4n) is 3.31. The lowest BCUT2D eigenvalue weighted by Crippen LogP contribution is -2.05. The van der Waals surface area contributed by atoms with Gasteiger partial charge in [-0.2, -0.15) is 5.26 Å². The molecule has 1 aromatic heterocycles. The zero-order valence-corrected chi connectivity index (χ0v) is 16.0. The van der Waals surface area contributed by atoms with Crippen molar-refractivity contribution in [1.82, 2.24) is 4.57 Å². The minimum absolute atomic E-state index is 0.0545. The second-order valence-electron chi connectivity index (χ2n) is 6.48. The third kappa shape index (κ3) is 3.71. The maximum Gasteiger partial charge on any atom is 0.141 e. The van der Waals surface area contributed by atoms with Crippen molar-refractivity contribution in [2.75, 3.05) is 13.4 Å². The molecule has 2 atom stereocenters. The molecule has 134 valence electrons. The lowest BCUT2D eigenvalue weighted by Gasteiger charge is -2.09. The van der Waals surface area contributed by atoms with Crippen molar-refractivity contribution in [3.05, 3.63) is 58.8 Å². The molecule has 0 bridgehead atoms. The first-order valence-corrected chi connectivity index (χ1v) is 9.77. The van der Waals surface area contributed by atoms with Crippen molar-refractivity contribution >= 4 is 23.1 Å². The summed E-state index contributed by atoms with van der Waals surface area (Å²) in [5.74, 6) is 1.39. The van der Waals surface area contributed by atoms with E-state index in [0.717, 1.165) is 22.8 Å². The Morgan fingerprint density at radius 3 is 2.62 bits per heavy atom. The lowest BCUT2D eigenvalue weighted by molar-refractivity contribution is -0.119. The van der Waals surface area contributed by atoms with Crippen molar-refractivity contribution in [2.24, 2.45) is 13.0 Å². The molecular weight excluding hydrogens is 344 g/mol. The first-order valence-electron chi connectivity index (χ1n) is 8.54. The average Bonchev–Trinajstić information content (AvgIpc) is 3.37. The van der Waals surface area contributed by atoms with Crippen molar-refractivity contribution < 1.29 is 9.53 Å². The smallest absolute Gasteiger partial charge is 0.141 e. The Labute approximate surface area is 158 Å². The molecule has 2 aromatic rings. The van der Waals surface area contributed by atoms with Gasteiger partial charge >= 0.3 is 0 Å². The van der Waals surface area contributed by atoms with Gasteiger partial charge in [0.05, 0.1) is 18.4 Å². The van der Waals surface area contributed by atoms with E-state index in [1.807, 2.05) is 60.5 Å². The van der Waals surface area contributed by atoms with Crippen molar-refractivity contribution in [1.29, 1.82) is 5.26 Å². The SMILES string of the molecule is COc1ccc(C2CC2C(=O)C/C(SC)=C(\C#N)c2cccn2C)cc1. The van der Waals surface area contributed by atoms with Crippen LogP contribution in [0.5, 0.6) is 5.75 Å². The quantitative estimate of drug-likeness (QED) is 0.682. The highest BCUT2D eigenvalue weighted by atomic mass is 32.2. The number of ether oxygens (including phenoxy) is 1. The summed E-state index contributed by atoms with van der Waals surface area (Å²) in [6.45, 7) is 0. The van der Waals surface area contributed by atoms with Crippen LogP contribution < -0.4 is 4.74 Å². The number of thioether (sulfide) groups is 1. The van der Waals surface area contributed by atoms with Crippen molar-refractivity contribution in [3.63, 3.8) is 0 Å². The molecule has 0 amide bonds. The summed E-state index contributed by atoms with van der Waals surface area (Å²) in [6, 6.07) is 14.1. The molecule has 0 aliphatic heterocycles. The first-order chi connectivity index (χ1) is 12.6. The highest BCUT2D eigenvalue weighted by Gasteiger charge is 2.43. The highest BCUT2D eigenvalue weighted by molar-refractivity contribution is 8.02. The molecule has 2 unspecified atom stereocenters. The Balaban J connectivity index is 1.73. The van der Waals surface area contributed by atoms with E-state index in [1.54, 1.807) is 7.11 Å². The van der Waals surface area contributed by atoms with Crippen LogP contribution >= 0.6 is 11.8 Å². The number of nitrogens with zero attached hydrogens (tertiary/aromatic N) is 2. The summed E-state index contributed by atoms with van der Waals surface area (Å²) in [5.41, 5.74) is 2.63. The van der Waals surface area contributed by atoms with E-state index in [4.69, 9.17) is 4.74 Å². The number of rotatable bonds is 7. The summed E-state index contributed by atoms with van der Waals surface area (Å²) >= 11 is 1.49. The number of hydrogen-bond acceptors (Lipinski definition) is 4. The molecule has 5 heteroatoms. The fraction of sp³-hybridized carbons (Fsp3) is 0.333. The minimum Gasteiger partial charge on any atom is -0.497 e. The predicted octanol–water partition coefficient (Wildman–Crippen LogP) is 4.39. The van der Waals surface area contributed by atoms with E-state index in [-0.39, 0.29) is 17.6 Å². The topological polar surface area (TPSA) is 55.0 Å². The number of carbonyl (C=O) groups excluding carboxylic acids is 1. The van der Waals surface area contributed by atoms with Gasteiger partial charge in [-0.1, -0.05) is 12.1 Å². The van der Waals surface area contributed by atoms with Gasteiger partial charge in [0.1, 0.15) is 17.6 Å². The third-order valence-electron chi connectivity index (χ3n) is 4.92. The van der Waals surface area contributed by atoms with Crippen LogP contribution in [0.15, 0.2) is 47.5 Å². The highest BCUT2D eigenvalue weighted by Crippen LogP contribution is 2.49. The Kier molecular flexibility index (Phi) is 5.53. The number of hydrogen-bond donors (Lipinski definition) is 0. The summed E-state index contributed by atoms with van der Waals surface area (Å²) in [7, 11) is 3.56. The van der Waals surface area contributed by atoms with Crippen LogP contribution in [0.2, 0.25) is 0 Å². The molecular formula is C21H22N2O2S. The van der Waals surface area contributed by atoms with Crippen LogP contribution in [0.3, 0.4) is 0 Å². The Morgan fingerprint density at radius 2 is 2.08 bits per heavy atom. The van der Waals surface area contributed by atoms with E-state index < -0.39 is 0 Å². The molecule has 0 spiro atoms. The van der Waals surface area contributed by atoms with Crippen LogP contribution in [0, 0.1) is 17.2 Å². The summed E-state index contributed by atoms with van der Waals surface area (Å²) < 4.78 is 7.10. The third-order valence-corrected chi connectivity index (χ3v) is 5.76. The zero-order valence-electron chi connectivity index (χ0n) is 15.2. The van der Waals surface area contributed by atoms with Gasteiger partial charge in [0.25, 0.3) is 0 Å². The van der Waals surface area contributed by atoms with E-state index in [1.165, 1.54) is 17.3 Å². The molecule has 0 saturated heterocycles. The summed E-state index contributed by atoms with van der Waals surface area (Å²) in [4.78, 5) is 13.6. The Morgan fingerprint density at radius 1 is 1.35 bits per heavy atom. The predicted molar refractivity (Wildman–Crippen MR) is 105 cm³/mol. The Bertz CT molecular complexity index is 874. The molecule has 4 nitrogen and oxygen atoms in total. The van der Waals surface area contributed by atoms with Crippen LogP contribution in [0.25, 0.3) is 5.57 Å². The monoisotopic (exact) mass is 366 g/mol. The molecule has 0 radical (unpaired) electrons. The van der Waals surface area contributed by atoms with E-state index in [9.17, 15) is 10.1 Å². The molecule has 26 heavy (non-hydrogen) atoms. The van der Waals surface area contributed by atoms with E-state index in [0.29, 0.717) is 12.0 Å². The molecule has 0 N–H and O–H groups in total. The second kappa shape index (κ2) is 7.84.